The fourth-order valence-corrected chi connectivity index (χ4v) is 5.39. The van der Waals surface area contributed by atoms with Gasteiger partial charge < -0.3 is 30.1 Å². The average Bonchev–Trinajstić information content (AvgIpc) is 3.37. The number of ether oxygens (including phenoxy) is 2. The molecule has 1 saturated heterocycles. The number of pyridine rings is 1. The second-order valence-corrected chi connectivity index (χ2v) is 9.82. The van der Waals surface area contributed by atoms with Crippen molar-refractivity contribution in [3.05, 3.63) is 47.2 Å². The lowest BCUT2D eigenvalue weighted by Crippen LogP contribution is -2.44. The van der Waals surface area contributed by atoms with Crippen molar-refractivity contribution < 1.29 is 24.2 Å². The van der Waals surface area contributed by atoms with Gasteiger partial charge in [-0.1, -0.05) is 18.2 Å². The van der Waals surface area contributed by atoms with Crippen LogP contribution in [0.5, 0.6) is 11.5 Å². The molecule has 1 aromatic carbocycles. The van der Waals surface area contributed by atoms with Crippen LogP contribution in [0.25, 0.3) is 0 Å². The first kappa shape index (κ1) is 24.4. The van der Waals surface area contributed by atoms with E-state index in [0.717, 1.165) is 69.7 Å². The Hall–Kier alpha value is -3.33. The van der Waals surface area contributed by atoms with Crippen LogP contribution in [0, 0.1) is 5.92 Å². The van der Waals surface area contributed by atoms with Gasteiger partial charge in [0.25, 0.3) is 0 Å². The van der Waals surface area contributed by atoms with Crippen LogP contribution in [-0.2, 0) is 22.4 Å². The number of fused-ring (bicyclic) bond motifs is 2. The number of nitrogens with zero attached hydrogens (tertiary/aromatic N) is 2. The number of likely N-dealkylation sites (tertiary alicyclic amines) is 1. The van der Waals surface area contributed by atoms with Crippen LogP contribution in [0.1, 0.15) is 55.0 Å². The highest BCUT2D eigenvalue weighted by Gasteiger charge is 2.31. The van der Waals surface area contributed by atoms with E-state index in [0.29, 0.717) is 23.6 Å². The van der Waals surface area contributed by atoms with Gasteiger partial charge in [-0.15, -0.1) is 0 Å². The lowest BCUT2D eigenvalue weighted by Gasteiger charge is -2.33. The number of nitrogens with one attached hydrogen (secondary N) is 2. The van der Waals surface area contributed by atoms with Crippen molar-refractivity contribution in [2.75, 3.05) is 38.3 Å². The standard InChI is InChI=1S/C27H34N4O5/c32-24(33)15-22(21-8-1-9-23-25(21)36-17-35-23)30-27(34)19-6-3-13-31(16-19)14-4-7-20-11-10-18-5-2-12-28-26(18)29-20/h1,8-11,19,22H,2-7,12-17H2,(H,28,29)(H,30,34)(H,32,33). The molecule has 1 fully saturated rings. The van der Waals surface area contributed by atoms with Crippen LogP contribution < -0.4 is 20.1 Å². The Morgan fingerprint density at radius 1 is 1.22 bits per heavy atom. The molecule has 192 valence electrons. The highest BCUT2D eigenvalue weighted by molar-refractivity contribution is 5.80. The molecule has 3 aliphatic rings. The number of aromatic nitrogens is 1. The van der Waals surface area contributed by atoms with Crippen LogP contribution in [0.15, 0.2) is 30.3 Å². The maximum atomic E-state index is 13.2. The molecule has 4 heterocycles. The van der Waals surface area contributed by atoms with Crippen molar-refractivity contribution in [2.24, 2.45) is 5.92 Å². The molecule has 9 nitrogen and oxygen atoms in total. The Morgan fingerprint density at radius 3 is 3.03 bits per heavy atom. The lowest BCUT2D eigenvalue weighted by molar-refractivity contribution is -0.138. The molecule has 9 heteroatoms. The minimum Gasteiger partial charge on any atom is -0.481 e. The minimum absolute atomic E-state index is 0.0924. The number of carboxylic acids is 1. The maximum absolute atomic E-state index is 13.2. The van der Waals surface area contributed by atoms with E-state index in [4.69, 9.17) is 14.5 Å². The predicted molar refractivity (Wildman–Crippen MR) is 134 cm³/mol. The summed E-state index contributed by atoms with van der Waals surface area (Å²) in [6, 6.07) is 9.01. The highest BCUT2D eigenvalue weighted by atomic mass is 16.7. The molecule has 0 radical (unpaired) electrons. The van der Waals surface area contributed by atoms with Crippen molar-refractivity contribution in [3.63, 3.8) is 0 Å². The number of aliphatic carboxylic acids is 1. The number of amides is 1. The summed E-state index contributed by atoms with van der Waals surface area (Å²) in [6.07, 6.45) is 5.66. The van der Waals surface area contributed by atoms with Gasteiger partial charge >= 0.3 is 5.97 Å². The second-order valence-electron chi connectivity index (χ2n) is 9.82. The van der Waals surface area contributed by atoms with Crippen LogP contribution in [0.4, 0.5) is 5.82 Å². The van der Waals surface area contributed by atoms with Gasteiger partial charge in [0.05, 0.1) is 18.4 Å². The van der Waals surface area contributed by atoms with Crippen molar-refractivity contribution in [3.8, 4) is 11.5 Å². The summed E-state index contributed by atoms with van der Waals surface area (Å²) < 4.78 is 11.0. The van der Waals surface area contributed by atoms with Gasteiger partial charge in [-0.05, 0) is 69.3 Å². The van der Waals surface area contributed by atoms with E-state index in [-0.39, 0.29) is 25.0 Å². The van der Waals surface area contributed by atoms with E-state index in [1.165, 1.54) is 5.56 Å². The molecule has 3 aliphatic heterocycles. The number of piperidine rings is 1. The summed E-state index contributed by atoms with van der Waals surface area (Å²) in [5, 5.41) is 15.9. The van der Waals surface area contributed by atoms with Gasteiger partial charge in [-0.25, -0.2) is 4.98 Å². The zero-order chi connectivity index (χ0) is 24.9. The van der Waals surface area contributed by atoms with Gasteiger partial charge in [0.1, 0.15) is 5.82 Å². The zero-order valence-corrected chi connectivity index (χ0v) is 20.5. The number of hydrogen-bond donors (Lipinski definition) is 3. The molecule has 1 amide bonds. The summed E-state index contributed by atoms with van der Waals surface area (Å²) in [7, 11) is 0. The van der Waals surface area contributed by atoms with Crippen LogP contribution in [-0.4, -0.2) is 59.8 Å². The number of anilines is 1. The van der Waals surface area contributed by atoms with Gasteiger partial charge in [-0.3, -0.25) is 9.59 Å². The Labute approximate surface area is 211 Å². The minimum atomic E-state index is -0.979. The monoisotopic (exact) mass is 494 g/mol. The molecule has 0 aliphatic carbocycles. The van der Waals surface area contributed by atoms with Crippen LogP contribution in [0.2, 0.25) is 0 Å². The first-order chi connectivity index (χ1) is 17.6. The largest absolute Gasteiger partial charge is 0.481 e. The number of para-hydroxylation sites is 1. The molecule has 1 aromatic heterocycles. The Morgan fingerprint density at radius 2 is 2.14 bits per heavy atom. The summed E-state index contributed by atoms with van der Waals surface area (Å²) in [5.41, 5.74) is 3.05. The van der Waals surface area contributed by atoms with Gasteiger partial charge in [0.2, 0.25) is 12.7 Å². The van der Waals surface area contributed by atoms with E-state index in [1.807, 2.05) is 0 Å². The van der Waals surface area contributed by atoms with E-state index >= 15 is 0 Å². The number of benzene rings is 1. The fraction of sp³-hybridized carbons (Fsp3) is 0.519. The molecule has 0 spiro atoms. The number of aryl methyl sites for hydroxylation is 2. The summed E-state index contributed by atoms with van der Waals surface area (Å²) in [6.45, 7) is 3.64. The average molecular weight is 495 g/mol. The number of carbonyl (C=O) groups excluding carboxylic acids is 1. The van der Waals surface area contributed by atoms with E-state index < -0.39 is 12.0 Å². The maximum Gasteiger partial charge on any atom is 0.305 e. The zero-order valence-electron chi connectivity index (χ0n) is 20.5. The molecule has 5 rings (SSSR count). The quantitative estimate of drug-likeness (QED) is 0.487. The van der Waals surface area contributed by atoms with Gasteiger partial charge in [0, 0.05) is 24.3 Å². The lowest BCUT2D eigenvalue weighted by atomic mass is 9.95. The SMILES string of the molecule is O=C(O)CC(NC(=O)C1CCCN(CCCc2ccc3c(n2)NCCC3)C1)c1cccc2c1OCO2. The van der Waals surface area contributed by atoms with Gasteiger partial charge in [0.15, 0.2) is 11.5 Å². The molecule has 2 unspecified atom stereocenters. The van der Waals surface area contributed by atoms with E-state index in [2.05, 4.69) is 27.7 Å². The third-order valence-corrected chi connectivity index (χ3v) is 7.23. The summed E-state index contributed by atoms with van der Waals surface area (Å²) in [5.74, 6) is 0.865. The molecule has 2 aromatic rings. The molecule has 0 saturated carbocycles. The number of rotatable bonds is 9. The molecular formula is C27H34N4O5. The van der Waals surface area contributed by atoms with Gasteiger partial charge in [-0.2, -0.15) is 0 Å². The van der Waals surface area contributed by atoms with Crippen molar-refractivity contribution in [1.29, 1.82) is 0 Å². The molecule has 0 bridgehead atoms. The highest BCUT2D eigenvalue weighted by Crippen LogP contribution is 2.39. The predicted octanol–water partition coefficient (Wildman–Crippen LogP) is 3.15. The molecule has 3 N–H and O–H groups in total. The summed E-state index contributed by atoms with van der Waals surface area (Å²) in [4.78, 5) is 31.9. The third-order valence-electron chi connectivity index (χ3n) is 7.23. The number of carboxylic acid groups (broad SMARTS) is 1. The van der Waals surface area contributed by atoms with E-state index in [9.17, 15) is 14.7 Å². The van der Waals surface area contributed by atoms with Crippen molar-refractivity contribution >= 4 is 17.7 Å². The van der Waals surface area contributed by atoms with Crippen molar-refractivity contribution in [2.45, 2.75) is 51.0 Å². The fourth-order valence-electron chi connectivity index (χ4n) is 5.39. The smallest absolute Gasteiger partial charge is 0.305 e. The Balaban J connectivity index is 1.16. The van der Waals surface area contributed by atoms with Crippen LogP contribution >= 0.6 is 0 Å². The Bertz CT molecular complexity index is 1110. The second kappa shape index (κ2) is 11.2. The molecular weight excluding hydrogens is 460 g/mol. The Kier molecular flexibility index (Phi) is 7.55. The number of hydrogen-bond acceptors (Lipinski definition) is 7. The van der Waals surface area contributed by atoms with E-state index in [1.54, 1.807) is 18.2 Å². The molecule has 2 atom stereocenters. The number of carbonyl (C=O) groups is 2. The first-order valence-corrected chi connectivity index (χ1v) is 12.9. The topological polar surface area (TPSA) is 113 Å². The molecule has 36 heavy (non-hydrogen) atoms. The van der Waals surface area contributed by atoms with Crippen molar-refractivity contribution in [1.82, 2.24) is 15.2 Å². The first-order valence-electron chi connectivity index (χ1n) is 12.9. The summed E-state index contributed by atoms with van der Waals surface area (Å²) >= 11 is 0. The third kappa shape index (κ3) is 5.73. The normalized spacial score (nSPS) is 19.7. The van der Waals surface area contributed by atoms with Crippen LogP contribution in [0.3, 0.4) is 0 Å².